The lowest BCUT2D eigenvalue weighted by molar-refractivity contribution is -0.117. The number of rotatable bonds is 7. The molecule has 174 valence electrons. The average Bonchev–Trinajstić information content (AvgIpc) is 3.41. The van der Waals surface area contributed by atoms with Gasteiger partial charge in [0.25, 0.3) is 0 Å². The lowest BCUT2D eigenvalue weighted by atomic mass is 10.1. The Kier molecular flexibility index (Phi) is 6.10. The van der Waals surface area contributed by atoms with Crippen molar-refractivity contribution in [3.8, 4) is 5.75 Å². The summed E-state index contributed by atoms with van der Waals surface area (Å²) in [6.45, 7) is 8.17. The summed E-state index contributed by atoms with van der Waals surface area (Å²) in [5.74, 6) is 2.09. The highest BCUT2D eigenvalue weighted by Gasteiger charge is 2.35. The normalized spacial score (nSPS) is 15.9. The molecule has 0 saturated carbocycles. The van der Waals surface area contributed by atoms with E-state index in [-0.39, 0.29) is 11.8 Å². The molecule has 4 aromatic rings. The van der Waals surface area contributed by atoms with Gasteiger partial charge in [-0.3, -0.25) is 4.79 Å². The maximum atomic E-state index is 13.1. The number of hydrogen-bond acceptors (Lipinski definition) is 3. The molecule has 0 N–H and O–H groups in total. The Labute approximate surface area is 201 Å². The van der Waals surface area contributed by atoms with Gasteiger partial charge >= 0.3 is 0 Å². The first-order valence-corrected chi connectivity index (χ1v) is 12.1. The van der Waals surface area contributed by atoms with E-state index in [1.54, 1.807) is 0 Å². The molecule has 0 unspecified atom stereocenters. The molecule has 0 spiro atoms. The zero-order valence-corrected chi connectivity index (χ0v) is 20.1. The Morgan fingerprint density at radius 1 is 1.03 bits per heavy atom. The van der Waals surface area contributed by atoms with Gasteiger partial charge in [-0.1, -0.05) is 55.0 Å². The number of aromatic nitrogens is 2. The number of ether oxygens (including phenoxy) is 1. The minimum Gasteiger partial charge on any atom is -0.491 e. The fraction of sp³-hybridized carbons (Fsp3) is 0.310. The van der Waals surface area contributed by atoms with Crippen molar-refractivity contribution in [2.45, 2.75) is 46.1 Å². The number of hydrogen-bond donors (Lipinski definition) is 0. The van der Waals surface area contributed by atoms with Crippen molar-refractivity contribution in [1.29, 1.82) is 0 Å². The van der Waals surface area contributed by atoms with Gasteiger partial charge in [0, 0.05) is 24.6 Å². The highest BCUT2D eigenvalue weighted by molar-refractivity contribution is 5.97. The number of aryl methyl sites for hydroxylation is 3. The molecule has 34 heavy (non-hydrogen) atoms. The molecular formula is C29H31N3O2. The number of benzene rings is 3. The van der Waals surface area contributed by atoms with Crippen LogP contribution in [0.15, 0.2) is 66.7 Å². The molecule has 1 aromatic heterocycles. The Bertz CT molecular complexity index is 1340. The van der Waals surface area contributed by atoms with E-state index in [4.69, 9.17) is 9.72 Å². The molecule has 0 bridgehead atoms. The van der Waals surface area contributed by atoms with Gasteiger partial charge in [-0.05, 0) is 55.7 Å². The highest BCUT2D eigenvalue weighted by Crippen LogP contribution is 2.34. The second-order valence-electron chi connectivity index (χ2n) is 9.12. The Balaban J connectivity index is 1.41. The molecule has 2 heterocycles. The number of carbonyl (C=O) groups is 1. The molecule has 1 fully saturated rings. The number of para-hydroxylation sites is 3. The van der Waals surface area contributed by atoms with Crippen LogP contribution in [0.1, 0.15) is 41.8 Å². The Morgan fingerprint density at radius 3 is 2.65 bits per heavy atom. The molecule has 5 nitrogen and oxygen atoms in total. The molecule has 0 aliphatic carbocycles. The first-order chi connectivity index (χ1) is 16.5. The zero-order valence-electron chi connectivity index (χ0n) is 20.1. The van der Waals surface area contributed by atoms with Gasteiger partial charge in [0.15, 0.2) is 0 Å². The maximum absolute atomic E-state index is 13.1. The van der Waals surface area contributed by atoms with Crippen molar-refractivity contribution in [2.24, 2.45) is 0 Å². The predicted octanol–water partition coefficient (Wildman–Crippen LogP) is 5.82. The first-order valence-electron chi connectivity index (χ1n) is 12.1. The van der Waals surface area contributed by atoms with E-state index >= 15 is 0 Å². The van der Waals surface area contributed by atoms with Crippen molar-refractivity contribution >= 4 is 22.6 Å². The predicted molar refractivity (Wildman–Crippen MR) is 137 cm³/mol. The highest BCUT2D eigenvalue weighted by atomic mass is 16.5. The molecule has 0 radical (unpaired) electrons. The van der Waals surface area contributed by atoms with Gasteiger partial charge in [0.1, 0.15) is 18.2 Å². The molecule has 3 aromatic carbocycles. The molecular weight excluding hydrogens is 422 g/mol. The summed E-state index contributed by atoms with van der Waals surface area (Å²) in [6.07, 6.45) is 1.37. The van der Waals surface area contributed by atoms with Gasteiger partial charge in [0.05, 0.1) is 17.6 Å². The minimum atomic E-state index is 0.0472. The van der Waals surface area contributed by atoms with Gasteiger partial charge in [-0.2, -0.15) is 0 Å². The summed E-state index contributed by atoms with van der Waals surface area (Å²) in [5.41, 5.74) is 6.64. The van der Waals surface area contributed by atoms with Crippen LogP contribution in [0.4, 0.5) is 5.69 Å². The van der Waals surface area contributed by atoms with Crippen LogP contribution >= 0.6 is 0 Å². The van der Waals surface area contributed by atoms with Crippen molar-refractivity contribution in [1.82, 2.24) is 9.55 Å². The van der Waals surface area contributed by atoms with Crippen LogP contribution in [0, 0.1) is 13.8 Å². The fourth-order valence-corrected chi connectivity index (χ4v) is 5.04. The lowest BCUT2D eigenvalue weighted by Gasteiger charge is -2.20. The van der Waals surface area contributed by atoms with Crippen LogP contribution in [-0.4, -0.2) is 28.6 Å². The van der Waals surface area contributed by atoms with Crippen molar-refractivity contribution < 1.29 is 9.53 Å². The number of imidazole rings is 1. The molecule has 1 aliphatic rings. The second-order valence-corrected chi connectivity index (χ2v) is 9.12. The third-order valence-electron chi connectivity index (χ3n) is 6.74. The fourth-order valence-electron chi connectivity index (χ4n) is 5.04. The van der Waals surface area contributed by atoms with E-state index in [1.807, 2.05) is 41.3 Å². The summed E-state index contributed by atoms with van der Waals surface area (Å²) >= 11 is 0. The summed E-state index contributed by atoms with van der Waals surface area (Å²) in [7, 11) is 0. The van der Waals surface area contributed by atoms with Crippen LogP contribution in [0.25, 0.3) is 11.0 Å². The standard InChI is InChI=1S/C29H31N3O2/c1-4-22-9-5-7-11-25(22)32-19-23(18-28(32)33)29-30-24-10-6-8-12-26(24)31(29)15-16-34-27-14-13-20(2)17-21(27)3/h5-14,17,23H,4,15-16,18-19H2,1-3H3/t23-/m1/s1. The Hall–Kier alpha value is -3.60. The molecule has 1 amide bonds. The van der Waals surface area contributed by atoms with Crippen molar-refractivity contribution in [3.05, 3.63) is 89.2 Å². The largest absolute Gasteiger partial charge is 0.491 e. The number of anilines is 1. The van der Waals surface area contributed by atoms with E-state index < -0.39 is 0 Å². The summed E-state index contributed by atoms with van der Waals surface area (Å²) in [6, 6.07) is 22.7. The smallest absolute Gasteiger partial charge is 0.227 e. The molecule has 1 atom stereocenters. The molecule has 5 rings (SSSR count). The lowest BCUT2D eigenvalue weighted by Crippen LogP contribution is -2.25. The third kappa shape index (κ3) is 4.18. The average molecular weight is 454 g/mol. The molecule has 5 heteroatoms. The maximum Gasteiger partial charge on any atom is 0.227 e. The third-order valence-corrected chi connectivity index (χ3v) is 6.74. The first kappa shape index (κ1) is 22.2. The molecule has 1 saturated heterocycles. The van der Waals surface area contributed by atoms with E-state index in [2.05, 4.69) is 55.7 Å². The van der Waals surface area contributed by atoms with E-state index in [9.17, 15) is 4.79 Å². The van der Waals surface area contributed by atoms with Gasteiger partial charge < -0.3 is 14.2 Å². The number of fused-ring (bicyclic) bond motifs is 1. The number of carbonyl (C=O) groups excluding carboxylic acids is 1. The Morgan fingerprint density at radius 2 is 1.82 bits per heavy atom. The quantitative estimate of drug-likeness (QED) is 0.354. The van der Waals surface area contributed by atoms with E-state index in [0.717, 1.165) is 40.3 Å². The van der Waals surface area contributed by atoms with E-state index in [0.29, 0.717) is 26.1 Å². The minimum absolute atomic E-state index is 0.0472. The van der Waals surface area contributed by atoms with Crippen LogP contribution in [0.5, 0.6) is 5.75 Å². The monoisotopic (exact) mass is 453 g/mol. The summed E-state index contributed by atoms with van der Waals surface area (Å²) in [5, 5.41) is 0. The number of amides is 1. The van der Waals surface area contributed by atoms with Gasteiger partial charge in [0.2, 0.25) is 5.91 Å². The van der Waals surface area contributed by atoms with Crippen LogP contribution in [0.3, 0.4) is 0 Å². The van der Waals surface area contributed by atoms with Crippen LogP contribution in [0.2, 0.25) is 0 Å². The van der Waals surface area contributed by atoms with Crippen LogP contribution < -0.4 is 9.64 Å². The number of nitrogens with zero attached hydrogens (tertiary/aromatic N) is 3. The SMILES string of the molecule is CCc1ccccc1N1C[C@H](c2nc3ccccc3n2CCOc2ccc(C)cc2C)CC1=O. The zero-order chi connectivity index (χ0) is 23.7. The van der Waals surface area contributed by atoms with Gasteiger partial charge in [-0.15, -0.1) is 0 Å². The van der Waals surface area contributed by atoms with Crippen LogP contribution in [-0.2, 0) is 17.8 Å². The van der Waals surface area contributed by atoms with E-state index in [1.165, 1.54) is 11.1 Å². The van der Waals surface area contributed by atoms with Crippen molar-refractivity contribution in [2.75, 3.05) is 18.1 Å². The van der Waals surface area contributed by atoms with Gasteiger partial charge in [-0.25, -0.2) is 4.98 Å². The second kappa shape index (κ2) is 9.34. The van der Waals surface area contributed by atoms with Crippen molar-refractivity contribution in [3.63, 3.8) is 0 Å². The summed E-state index contributed by atoms with van der Waals surface area (Å²) < 4.78 is 8.39. The molecule has 1 aliphatic heterocycles. The summed E-state index contributed by atoms with van der Waals surface area (Å²) in [4.78, 5) is 20.0. The topological polar surface area (TPSA) is 47.4 Å².